The fourth-order valence-electron chi connectivity index (χ4n) is 2.08. The van der Waals surface area contributed by atoms with Gasteiger partial charge in [0.15, 0.2) is 0 Å². The zero-order valence-corrected chi connectivity index (χ0v) is 12.7. The van der Waals surface area contributed by atoms with Crippen molar-refractivity contribution < 1.29 is 9.90 Å². The van der Waals surface area contributed by atoms with Gasteiger partial charge in [-0.15, -0.1) is 11.3 Å². The summed E-state index contributed by atoms with van der Waals surface area (Å²) in [7, 11) is 2.06. The first-order valence-corrected chi connectivity index (χ1v) is 7.25. The van der Waals surface area contributed by atoms with Crippen molar-refractivity contribution in [2.45, 2.75) is 26.9 Å². The summed E-state index contributed by atoms with van der Waals surface area (Å²) in [5.41, 5.74) is 5.45. The molecule has 1 aromatic carbocycles. The van der Waals surface area contributed by atoms with Gasteiger partial charge in [0, 0.05) is 18.0 Å². The van der Waals surface area contributed by atoms with E-state index in [2.05, 4.69) is 16.9 Å². The molecule has 1 heterocycles. The summed E-state index contributed by atoms with van der Waals surface area (Å²) in [6.07, 6.45) is 0. The summed E-state index contributed by atoms with van der Waals surface area (Å²) < 4.78 is 0. The van der Waals surface area contributed by atoms with Gasteiger partial charge in [-0.1, -0.05) is 6.07 Å². The number of rotatable bonds is 5. The molecular formula is C15H18N2O2S. The Morgan fingerprint density at radius 3 is 2.65 bits per heavy atom. The second-order valence-electron chi connectivity index (χ2n) is 4.98. The third kappa shape index (κ3) is 3.43. The zero-order valence-electron chi connectivity index (χ0n) is 11.9. The lowest BCUT2D eigenvalue weighted by Crippen LogP contribution is -2.18. The second-order valence-corrected chi connectivity index (χ2v) is 5.92. The highest BCUT2D eigenvalue weighted by Crippen LogP contribution is 2.17. The first-order chi connectivity index (χ1) is 9.47. The molecular weight excluding hydrogens is 272 g/mol. The molecule has 20 heavy (non-hydrogen) atoms. The van der Waals surface area contributed by atoms with Crippen LogP contribution < -0.4 is 0 Å². The van der Waals surface area contributed by atoms with E-state index in [1.807, 2.05) is 25.4 Å². The van der Waals surface area contributed by atoms with Crippen LogP contribution in [-0.2, 0) is 13.1 Å². The fourth-order valence-corrected chi connectivity index (χ4v) is 2.93. The number of carbonyl (C=O) groups is 1. The maximum Gasteiger partial charge on any atom is 0.335 e. The van der Waals surface area contributed by atoms with Crippen LogP contribution in [0, 0.1) is 13.8 Å². The van der Waals surface area contributed by atoms with Gasteiger partial charge < -0.3 is 5.11 Å². The Morgan fingerprint density at radius 2 is 2.10 bits per heavy atom. The number of hydrogen-bond donors (Lipinski definition) is 1. The van der Waals surface area contributed by atoms with Crippen LogP contribution in [-0.4, -0.2) is 28.0 Å². The Morgan fingerprint density at radius 1 is 1.35 bits per heavy atom. The maximum absolute atomic E-state index is 10.9. The number of aryl methyl sites for hydroxylation is 2. The predicted octanol–water partition coefficient (Wildman–Crippen LogP) is 3.09. The molecule has 0 amide bonds. The van der Waals surface area contributed by atoms with E-state index in [1.54, 1.807) is 23.5 Å². The predicted molar refractivity (Wildman–Crippen MR) is 80.2 cm³/mol. The molecule has 0 saturated carbocycles. The van der Waals surface area contributed by atoms with Crippen LogP contribution >= 0.6 is 11.3 Å². The molecule has 0 saturated heterocycles. The van der Waals surface area contributed by atoms with Crippen molar-refractivity contribution >= 4 is 17.3 Å². The van der Waals surface area contributed by atoms with E-state index in [0.717, 1.165) is 29.9 Å². The normalized spacial score (nSPS) is 11.0. The van der Waals surface area contributed by atoms with E-state index < -0.39 is 5.97 Å². The largest absolute Gasteiger partial charge is 0.478 e. The van der Waals surface area contributed by atoms with Crippen molar-refractivity contribution in [1.82, 2.24) is 9.88 Å². The molecule has 0 aliphatic rings. The van der Waals surface area contributed by atoms with Crippen LogP contribution in [0.25, 0.3) is 0 Å². The lowest BCUT2D eigenvalue weighted by molar-refractivity contribution is 0.0696. The molecule has 4 nitrogen and oxygen atoms in total. The van der Waals surface area contributed by atoms with Crippen molar-refractivity contribution in [3.05, 3.63) is 51.0 Å². The van der Waals surface area contributed by atoms with E-state index >= 15 is 0 Å². The Bertz CT molecular complexity index is 622. The van der Waals surface area contributed by atoms with Crippen LogP contribution in [0.3, 0.4) is 0 Å². The molecule has 0 atom stereocenters. The number of carboxylic acid groups (broad SMARTS) is 1. The summed E-state index contributed by atoms with van der Waals surface area (Å²) >= 11 is 1.67. The van der Waals surface area contributed by atoms with E-state index in [4.69, 9.17) is 5.11 Å². The molecule has 0 radical (unpaired) electrons. The molecule has 1 aromatic heterocycles. The molecule has 5 heteroatoms. The molecule has 0 unspecified atom stereocenters. The van der Waals surface area contributed by atoms with Crippen molar-refractivity contribution in [2.75, 3.05) is 7.05 Å². The van der Waals surface area contributed by atoms with E-state index in [0.29, 0.717) is 5.56 Å². The second kappa shape index (κ2) is 6.15. The lowest BCUT2D eigenvalue weighted by Gasteiger charge is -2.17. The van der Waals surface area contributed by atoms with Crippen LogP contribution in [0.5, 0.6) is 0 Å². The van der Waals surface area contributed by atoms with Gasteiger partial charge in [-0.2, -0.15) is 0 Å². The third-order valence-corrected chi connectivity index (χ3v) is 4.21. The summed E-state index contributed by atoms with van der Waals surface area (Å²) in [6.45, 7) is 5.62. The van der Waals surface area contributed by atoms with Crippen molar-refractivity contribution in [2.24, 2.45) is 0 Å². The minimum absolute atomic E-state index is 0.340. The SMILES string of the molecule is Cc1cc(C(=O)O)ccc1CN(C)Cc1scnc1C. The van der Waals surface area contributed by atoms with Gasteiger partial charge >= 0.3 is 5.97 Å². The topological polar surface area (TPSA) is 53.4 Å². The molecule has 0 aliphatic carbocycles. The summed E-state index contributed by atoms with van der Waals surface area (Å²) in [5, 5.41) is 8.97. The Hall–Kier alpha value is -1.72. The van der Waals surface area contributed by atoms with Gasteiger partial charge in [0.05, 0.1) is 16.8 Å². The average molecular weight is 290 g/mol. The summed E-state index contributed by atoms with van der Waals surface area (Å²) in [5.74, 6) is -0.881. The number of carboxylic acids is 1. The fraction of sp³-hybridized carbons (Fsp3) is 0.333. The van der Waals surface area contributed by atoms with Crippen molar-refractivity contribution in [3.63, 3.8) is 0 Å². The summed E-state index contributed by atoms with van der Waals surface area (Å²) in [6, 6.07) is 5.29. The van der Waals surface area contributed by atoms with E-state index in [1.165, 1.54) is 4.88 Å². The zero-order chi connectivity index (χ0) is 14.7. The third-order valence-electron chi connectivity index (χ3n) is 3.29. The molecule has 0 fully saturated rings. The number of hydrogen-bond acceptors (Lipinski definition) is 4. The number of nitrogens with zero attached hydrogens (tertiary/aromatic N) is 2. The molecule has 0 bridgehead atoms. The van der Waals surface area contributed by atoms with E-state index in [9.17, 15) is 4.79 Å². The minimum Gasteiger partial charge on any atom is -0.478 e. The smallest absolute Gasteiger partial charge is 0.335 e. The molecule has 2 rings (SSSR count). The average Bonchev–Trinajstić information content (AvgIpc) is 2.77. The Balaban J connectivity index is 2.06. The van der Waals surface area contributed by atoms with Gasteiger partial charge in [-0.3, -0.25) is 4.90 Å². The highest BCUT2D eigenvalue weighted by Gasteiger charge is 2.09. The highest BCUT2D eigenvalue weighted by atomic mass is 32.1. The van der Waals surface area contributed by atoms with Crippen LogP contribution in [0.2, 0.25) is 0 Å². The molecule has 0 aliphatic heterocycles. The van der Waals surface area contributed by atoms with E-state index in [-0.39, 0.29) is 0 Å². The lowest BCUT2D eigenvalue weighted by atomic mass is 10.0. The van der Waals surface area contributed by atoms with Gasteiger partial charge in [0.25, 0.3) is 0 Å². The van der Waals surface area contributed by atoms with Crippen molar-refractivity contribution in [3.8, 4) is 0 Å². The number of aromatic nitrogens is 1. The Labute approximate surface area is 122 Å². The quantitative estimate of drug-likeness (QED) is 0.919. The van der Waals surface area contributed by atoms with Gasteiger partial charge in [0.1, 0.15) is 0 Å². The minimum atomic E-state index is -0.881. The van der Waals surface area contributed by atoms with Gasteiger partial charge in [0.2, 0.25) is 0 Å². The van der Waals surface area contributed by atoms with Crippen LogP contribution in [0.1, 0.15) is 32.1 Å². The standard InChI is InChI=1S/C15H18N2O2S/c1-10-6-12(15(18)19)4-5-13(10)7-17(3)8-14-11(2)16-9-20-14/h4-6,9H,7-8H2,1-3H3,(H,18,19). The summed E-state index contributed by atoms with van der Waals surface area (Å²) in [4.78, 5) is 18.7. The van der Waals surface area contributed by atoms with Crippen LogP contribution in [0.4, 0.5) is 0 Å². The van der Waals surface area contributed by atoms with Crippen molar-refractivity contribution in [1.29, 1.82) is 0 Å². The van der Waals surface area contributed by atoms with Crippen LogP contribution in [0.15, 0.2) is 23.7 Å². The molecule has 2 aromatic rings. The number of aromatic carboxylic acids is 1. The molecule has 106 valence electrons. The Kier molecular flexibility index (Phi) is 4.52. The molecule has 1 N–H and O–H groups in total. The van der Waals surface area contributed by atoms with Gasteiger partial charge in [-0.05, 0) is 44.2 Å². The maximum atomic E-state index is 10.9. The first kappa shape index (κ1) is 14.7. The number of thiazole rings is 1. The first-order valence-electron chi connectivity index (χ1n) is 6.37. The van der Waals surface area contributed by atoms with Gasteiger partial charge in [-0.25, -0.2) is 9.78 Å². The highest BCUT2D eigenvalue weighted by molar-refractivity contribution is 7.09. The molecule has 0 spiro atoms. The number of benzene rings is 1. The monoisotopic (exact) mass is 290 g/mol.